The van der Waals surface area contributed by atoms with E-state index in [2.05, 4.69) is 20.9 Å². The number of carbonyl (C=O) groups is 1. The van der Waals surface area contributed by atoms with Gasteiger partial charge in [0.15, 0.2) is 0 Å². The van der Waals surface area contributed by atoms with Crippen LogP contribution < -0.4 is 15.3 Å². The molecule has 0 saturated carbocycles. The summed E-state index contributed by atoms with van der Waals surface area (Å²) in [5.74, 6) is 0.317. The molecule has 8 nitrogen and oxygen atoms in total. The summed E-state index contributed by atoms with van der Waals surface area (Å²) in [6, 6.07) is 13.0. The van der Waals surface area contributed by atoms with E-state index in [0.29, 0.717) is 11.3 Å². The van der Waals surface area contributed by atoms with Crippen molar-refractivity contribution in [2.24, 2.45) is 0 Å². The standard InChI is InChI=1S/C27H29N3O5/c1-18-5-7-22-24(16-26(31)35-25(22)14-18)30-12-10-29(11-13-30)9-3-2-4-19-17-28-23-15-20(34-27(32)33)6-8-21(19)23/h5-8,14-17,28H,2-4,9-13H2,1H3,(H,32,33). The van der Waals surface area contributed by atoms with Crippen LogP contribution in [0, 0.1) is 6.92 Å². The first-order valence-electron chi connectivity index (χ1n) is 12.0. The van der Waals surface area contributed by atoms with Crippen LogP contribution in [-0.4, -0.2) is 53.9 Å². The third kappa shape index (κ3) is 5.17. The van der Waals surface area contributed by atoms with Crippen molar-refractivity contribution in [1.29, 1.82) is 0 Å². The number of nitrogens with zero attached hydrogens (tertiary/aromatic N) is 2. The summed E-state index contributed by atoms with van der Waals surface area (Å²) in [6.45, 7) is 6.74. The molecule has 0 amide bonds. The summed E-state index contributed by atoms with van der Waals surface area (Å²) in [7, 11) is 0. The maximum atomic E-state index is 12.1. The number of aromatic amines is 1. The highest BCUT2D eigenvalue weighted by atomic mass is 16.7. The topological polar surface area (TPSA) is 99.0 Å². The maximum absolute atomic E-state index is 12.1. The molecule has 5 rings (SSSR count). The predicted molar refractivity (Wildman–Crippen MR) is 136 cm³/mol. The lowest BCUT2D eigenvalue weighted by atomic mass is 10.1. The van der Waals surface area contributed by atoms with E-state index in [1.165, 1.54) is 5.56 Å². The molecule has 1 aliphatic heterocycles. The van der Waals surface area contributed by atoms with E-state index in [1.807, 2.05) is 31.3 Å². The van der Waals surface area contributed by atoms with Gasteiger partial charge < -0.3 is 24.1 Å². The zero-order chi connectivity index (χ0) is 24.4. The van der Waals surface area contributed by atoms with E-state index >= 15 is 0 Å². The smallest absolute Gasteiger partial charge is 0.449 e. The minimum atomic E-state index is -1.31. The lowest BCUT2D eigenvalue weighted by Gasteiger charge is -2.36. The Morgan fingerprint density at radius 2 is 1.86 bits per heavy atom. The molecule has 2 aromatic carbocycles. The number of H-pyrrole nitrogens is 1. The van der Waals surface area contributed by atoms with Gasteiger partial charge >= 0.3 is 11.8 Å². The molecular weight excluding hydrogens is 446 g/mol. The molecule has 0 unspecified atom stereocenters. The molecule has 0 bridgehead atoms. The Balaban J connectivity index is 1.12. The Labute approximate surface area is 202 Å². The average molecular weight is 476 g/mol. The number of rotatable bonds is 7. The van der Waals surface area contributed by atoms with Gasteiger partial charge in [-0.3, -0.25) is 4.90 Å². The monoisotopic (exact) mass is 475 g/mol. The van der Waals surface area contributed by atoms with Gasteiger partial charge in [0.25, 0.3) is 0 Å². The quantitative estimate of drug-likeness (QED) is 0.172. The molecule has 1 fully saturated rings. The second-order valence-corrected chi connectivity index (χ2v) is 9.13. The third-order valence-corrected chi connectivity index (χ3v) is 6.71. The van der Waals surface area contributed by atoms with Crippen molar-refractivity contribution in [3.05, 3.63) is 70.2 Å². The van der Waals surface area contributed by atoms with E-state index in [9.17, 15) is 9.59 Å². The molecule has 1 aliphatic rings. The molecule has 182 valence electrons. The number of ether oxygens (including phenoxy) is 1. The van der Waals surface area contributed by atoms with Gasteiger partial charge in [0, 0.05) is 60.8 Å². The first kappa shape index (κ1) is 23.0. The molecular formula is C27H29N3O5. The van der Waals surface area contributed by atoms with E-state index in [4.69, 9.17) is 14.3 Å². The highest BCUT2D eigenvalue weighted by Crippen LogP contribution is 2.27. The SMILES string of the molecule is Cc1ccc2c(N3CCN(CCCCc4c[nH]c5cc(OC(=O)O)ccc45)CC3)cc(=O)oc2c1. The molecule has 1 saturated heterocycles. The number of fused-ring (bicyclic) bond motifs is 2. The van der Waals surface area contributed by atoms with Crippen LogP contribution in [0.1, 0.15) is 24.0 Å². The first-order valence-corrected chi connectivity index (χ1v) is 12.0. The second-order valence-electron chi connectivity index (χ2n) is 9.13. The molecule has 0 atom stereocenters. The molecule has 2 N–H and O–H groups in total. The number of anilines is 1. The fourth-order valence-corrected chi connectivity index (χ4v) is 4.91. The van der Waals surface area contributed by atoms with Crippen LogP contribution in [0.15, 0.2) is 57.9 Å². The van der Waals surface area contributed by atoms with Crippen LogP contribution in [0.25, 0.3) is 21.9 Å². The predicted octanol–water partition coefficient (Wildman–Crippen LogP) is 4.78. The normalized spacial score (nSPS) is 14.6. The van der Waals surface area contributed by atoms with E-state index in [0.717, 1.165) is 79.5 Å². The summed E-state index contributed by atoms with van der Waals surface area (Å²) in [4.78, 5) is 30.8. The van der Waals surface area contributed by atoms with Gasteiger partial charge in [-0.25, -0.2) is 9.59 Å². The number of nitrogens with one attached hydrogen (secondary N) is 1. The van der Waals surface area contributed by atoms with E-state index in [-0.39, 0.29) is 5.63 Å². The van der Waals surface area contributed by atoms with Crippen molar-refractivity contribution >= 4 is 33.7 Å². The number of unbranched alkanes of at least 4 members (excludes halogenated alkanes) is 1. The number of piperazine rings is 1. The Hall–Kier alpha value is -3.78. The van der Waals surface area contributed by atoms with Crippen LogP contribution in [-0.2, 0) is 6.42 Å². The van der Waals surface area contributed by atoms with Crippen LogP contribution in [0.5, 0.6) is 5.75 Å². The Kier molecular flexibility index (Phi) is 6.46. The van der Waals surface area contributed by atoms with Gasteiger partial charge in [0.2, 0.25) is 0 Å². The van der Waals surface area contributed by atoms with Crippen molar-refractivity contribution in [2.75, 3.05) is 37.6 Å². The number of aromatic nitrogens is 1. The van der Waals surface area contributed by atoms with Gasteiger partial charge in [-0.05, 0) is 68.1 Å². The van der Waals surface area contributed by atoms with Gasteiger partial charge in [-0.2, -0.15) is 0 Å². The van der Waals surface area contributed by atoms with Crippen molar-refractivity contribution in [3.8, 4) is 5.75 Å². The zero-order valence-corrected chi connectivity index (χ0v) is 19.8. The van der Waals surface area contributed by atoms with Gasteiger partial charge in [0.05, 0.1) is 5.69 Å². The molecule has 8 heteroatoms. The number of hydrogen-bond acceptors (Lipinski definition) is 6. The zero-order valence-electron chi connectivity index (χ0n) is 19.8. The summed E-state index contributed by atoms with van der Waals surface area (Å²) < 4.78 is 10.1. The number of carboxylic acid groups (broad SMARTS) is 1. The summed E-state index contributed by atoms with van der Waals surface area (Å²) in [6.07, 6.45) is 3.82. The van der Waals surface area contributed by atoms with Crippen LogP contribution >= 0.6 is 0 Å². The van der Waals surface area contributed by atoms with Crippen LogP contribution in [0.3, 0.4) is 0 Å². The Morgan fingerprint density at radius 1 is 1.06 bits per heavy atom. The second kappa shape index (κ2) is 9.84. The number of benzene rings is 2. The molecule has 0 radical (unpaired) electrons. The van der Waals surface area contributed by atoms with Crippen molar-refractivity contribution in [1.82, 2.24) is 9.88 Å². The van der Waals surface area contributed by atoms with Gasteiger partial charge in [-0.1, -0.05) is 6.07 Å². The summed E-state index contributed by atoms with van der Waals surface area (Å²) >= 11 is 0. The first-order chi connectivity index (χ1) is 17.0. The van der Waals surface area contributed by atoms with Gasteiger partial charge in [-0.15, -0.1) is 0 Å². The molecule has 0 spiro atoms. The highest BCUT2D eigenvalue weighted by Gasteiger charge is 2.20. The fourth-order valence-electron chi connectivity index (χ4n) is 4.91. The third-order valence-electron chi connectivity index (χ3n) is 6.71. The number of hydrogen-bond donors (Lipinski definition) is 2. The van der Waals surface area contributed by atoms with E-state index < -0.39 is 6.16 Å². The minimum Gasteiger partial charge on any atom is -0.449 e. The average Bonchev–Trinajstić information content (AvgIpc) is 3.23. The lowest BCUT2D eigenvalue weighted by Crippen LogP contribution is -2.46. The Morgan fingerprint density at radius 3 is 2.66 bits per heavy atom. The molecule has 2 aromatic heterocycles. The Bertz CT molecular complexity index is 1420. The lowest BCUT2D eigenvalue weighted by molar-refractivity contribution is 0.144. The highest BCUT2D eigenvalue weighted by molar-refractivity contribution is 5.90. The molecule has 35 heavy (non-hydrogen) atoms. The largest absolute Gasteiger partial charge is 0.511 e. The fraction of sp³-hybridized carbons (Fsp3) is 0.333. The van der Waals surface area contributed by atoms with Gasteiger partial charge in [0.1, 0.15) is 11.3 Å². The maximum Gasteiger partial charge on any atom is 0.511 e. The van der Waals surface area contributed by atoms with Crippen molar-refractivity contribution in [2.45, 2.75) is 26.2 Å². The van der Waals surface area contributed by atoms with Crippen LogP contribution in [0.2, 0.25) is 0 Å². The molecule has 0 aliphatic carbocycles. The molecule has 4 aromatic rings. The number of aryl methyl sites for hydroxylation is 2. The minimum absolute atomic E-state index is 0.302. The van der Waals surface area contributed by atoms with Crippen molar-refractivity contribution < 1.29 is 19.1 Å². The van der Waals surface area contributed by atoms with E-state index in [1.54, 1.807) is 18.2 Å². The summed E-state index contributed by atoms with van der Waals surface area (Å²) in [5.41, 5.74) is 4.50. The van der Waals surface area contributed by atoms with Crippen LogP contribution in [0.4, 0.5) is 10.5 Å². The molecule has 3 heterocycles. The van der Waals surface area contributed by atoms with Crippen molar-refractivity contribution in [3.63, 3.8) is 0 Å². The summed E-state index contributed by atoms with van der Waals surface area (Å²) in [5, 5.41) is 10.9.